The van der Waals surface area contributed by atoms with E-state index in [9.17, 15) is 4.79 Å². The van der Waals surface area contributed by atoms with Crippen LogP contribution in [-0.4, -0.2) is 19.6 Å². The first-order valence-electron chi connectivity index (χ1n) is 8.60. The van der Waals surface area contributed by atoms with E-state index in [1.165, 1.54) is 7.11 Å². The van der Waals surface area contributed by atoms with Gasteiger partial charge < -0.3 is 14.8 Å². The van der Waals surface area contributed by atoms with Crippen LogP contribution in [0, 0.1) is 0 Å². The van der Waals surface area contributed by atoms with Crippen LogP contribution in [0.15, 0.2) is 66.7 Å². The number of rotatable bonds is 6. The van der Waals surface area contributed by atoms with Crippen molar-refractivity contribution in [3.05, 3.63) is 77.3 Å². The van der Waals surface area contributed by atoms with Gasteiger partial charge in [-0.3, -0.25) is 4.79 Å². The molecule has 0 spiro atoms. The van der Waals surface area contributed by atoms with Gasteiger partial charge in [0.15, 0.2) is 11.5 Å². The summed E-state index contributed by atoms with van der Waals surface area (Å²) in [6.07, 6.45) is 0. The van der Waals surface area contributed by atoms with Crippen LogP contribution in [0.25, 0.3) is 11.1 Å². The number of para-hydroxylation sites is 1. The fourth-order valence-electron chi connectivity index (χ4n) is 2.79. The first-order valence-corrected chi connectivity index (χ1v) is 8.98. The van der Waals surface area contributed by atoms with E-state index in [4.69, 9.17) is 21.1 Å². The number of ether oxygens (including phenoxy) is 2. The number of hydrogen-bond acceptors (Lipinski definition) is 3. The molecule has 0 heterocycles. The number of anilines is 1. The van der Waals surface area contributed by atoms with Gasteiger partial charge in [-0.15, -0.1) is 0 Å². The number of carbonyl (C=O) groups excluding carboxylic acids is 1. The number of benzene rings is 3. The maximum atomic E-state index is 12.8. The summed E-state index contributed by atoms with van der Waals surface area (Å²) in [4.78, 5) is 12.8. The lowest BCUT2D eigenvalue weighted by molar-refractivity contribution is 0.102. The predicted octanol–water partition coefficient (Wildman–Crippen LogP) is 5.67. The minimum atomic E-state index is -0.276. The highest BCUT2D eigenvalue weighted by Gasteiger charge is 2.17. The second-order valence-corrected chi connectivity index (χ2v) is 6.20. The Morgan fingerprint density at radius 3 is 2.44 bits per heavy atom. The SMILES string of the molecule is CCOc1c(Cl)cc(C(=O)Nc2ccccc2-c2ccccc2)cc1OC. The first kappa shape index (κ1) is 18.8. The number of nitrogens with one attached hydrogen (secondary N) is 1. The van der Waals surface area contributed by atoms with Crippen molar-refractivity contribution in [2.45, 2.75) is 6.92 Å². The Bertz CT molecular complexity index is 942. The van der Waals surface area contributed by atoms with E-state index in [-0.39, 0.29) is 5.91 Å². The van der Waals surface area contributed by atoms with E-state index < -0.39 is 0 Å². The highest BCUT2D eigenvalue weighted by Crippen LogP contribution is 2.37. The Morgan fingerprint density at radius 1 is 1.04 bits per heavy atom. The molecular formula is C22H20ClNO3. The fourth-order valence-corrected chi connectivity index (χ4v) is 3.06. The average Bonchev–Trinajstić information content (AvgIpc) is 2.70. The Morgan fingerprint density at radius 2 is 1.74 bits per heavy atom. The fraction of sp³-hybridized carbons (Fsp3) is 0.136. The van der Waals surface area contributed by atoms with Gasteiger partial charge in [0, 0.05) is 16.8 Å². The molecular weight excluding hydrogens is 362 g/mol. The molecule has 138 valence electrons. The molecule has 1 amide bonds. The van der Waals surface area contributed by atoms with Crippen LogP contribution in [0.2, 0.25) is 5.02 Å². The average molecular weight is 382 g/mol. The molecule has 0 bridgehead atoms. The van der Waals surface area contributed by atoms with Crippen molar-refractivity contribution in [3.8, 4) is 22.6 Å². The van der Waals surface area contributed by atoms with Crippen LogP contribution in [0.5, 0.6) is 11.5 Å². The summed E-state index contributed by atoms with van der Waals surface area (Å²) in [6, 6.07) is 20.7. The van der Waals surface area contributed by atoms with Crippen LogP contribution >= 0.6 is 11.6 Å². The molecule has 0 aliphatic carbocycles. The Balaban J connectivity index is 1.92. The van der Waals surface area contributed by atoms with E-state index in [0.29, 0.717) is 28.7 Å². The van der Waals surface area contributed by atoms with E-state index in [0.717, 1.165) is 16.8 Å². The molecule has 0 unspecified atom stereocenters. The third kappa shape index (κ3) is 4.23. The van der Waals surface area contributed by atoms with Gasteiger partial charge >= 0.3 is 0 Å². The number of carbonyl (C=O) groups is 1. The number of methoxy groups -OCH3 is 1. The Labute approximate surface area is 163 Å². The molecule has 0 aromatic heterocycles. The van der Waals surface area contributed by atoms with Crippen LogP contribution < -0.4 is 14.8 Å². The van der Waals surface area contributed by atoms with Gasteiger partial charge in [0.05, 0.1) is 18.7 Å². The van der Waals surface area contributed by atoms with Crippen LogP contribution in [0.4, 0.5) is 5.69 Å². The summed E-state index contributed by atoms with van der Waals surface area (Å²) < 4.78 is 10.8. The van der Waals surface area contributed by atoms with Crippen LogP contribution in [0.1, 0.15) is 17.3 Å². The molecule has 0 radical (unpaired) electrons. The molecule has 3 aromatic rings. The third-order valence-electron chi connectivity index (χ3n) is 4.04. The summed E-state index contributed by atoms with van der Waals surface area (Å²) in [7, 11) is 1.51. The normalized spacial score (nSPS) is 10.3. The van der Waals surface area contributed by atoms with E-state index in [1.54, 1.807) is 12.1 Å². The topological polar surface area (TPSA) is 47.6 Å². The quantitative estimate of drug-likeness (QED) is 0.598. The van der Waals surface area contributed by atoms with Gasteiger partial charge in [-0.25, -0.2) is 0 Å². The minimum absolute atomic E-state index is 0.276. The molecule has 0 saturated heterocycles. The molecule has 4 nitrogen and oxygen atoms in total. The Kier molecular flexibility index (Phi) is 5.99. The minimum Gasteiger partial charge on any atom is -0.493 e. The largest absolute Gasteiger partial charge is 0.493 e. The van der Waals surface area contributed by atoms with Crippen molar-refractivity contribution >= 4 is 23.2 Å². The van der Waals surface area contributed by atoms with Crippen molar-refractivity contribution in [1.82, 2.24) is 0 Å². The zero-order valence-electron chi connectivity index (χ0n) is 15.2. The highest BCUT2D eigenvalue weighted by atomic mass is 35.5. The lowest BCUT2D eigenvalue weighted by Crippen LogP contribution is -2.13. The zero-order chi connectivity index (χ0) is 19.2. The summed E-state index contributed by atoms with van der Waals surface area (Å²) in [5.74, 6) is 0.579. The summed E-state index contributed by atoms with van der Waals surface area (Å²) >= 11 is 6.28. The molecule has 1 N–H and O–H groups in total. The molecule has 3 aromatic carbocycles. The molecule has 0 atom stereocenters. The lowest BCUT2D eigenvalue weighted by atomic mass is 10.0. The molecule has 0 aliphatic rings. The maximum absolute atomic E-state index is 12.8. The molecule has 5 heteroatoms. The monoisotopic (exact) mass is 381 g/mol. The van der Waals surface area contributed by atoms with Crippen molar-refractivity contribution in [1.29, 1.82) is 0 Å². The van der Waals surface area contributed by atoms with Crippen molar-refractivity contribution in [3.63, 3.8) is 0 Å². The first-order chi connectivity index (χ1) is 13.1. The number of amides is 1. The molecule has 27 heavy (non-hydrogen) atoms. The summed E-state index contributed by atoms with van der Waals surface area (Å²) in [5.41, 5.74) is 3.08. The summed E-state index contributed by atoms with van der Waals surface area (Å²) in [6.45, 7) is 2.31. The van der Waals surface area contributed by atoms with Crippen LogP contribution in [0.3, 0.4) is 0 Å². The van der Waals surface area contributed by atoms with Gasteiger partial charge in [-0.2, -0.15) is 0 Å². The summed E-state index contributed by atoms with van der Waals surface area (Å²) in [5, 5.41) is 3.29. The lowest BCUT2D eigenvalue weighted by Gasteiger charge is -2.14. The second-order valence-electron chi connectivity index (χ2n) is 5.79. The van der Waals surface area contributed by atoms with E-state index >= 15 is 0 Å². The van der Waals surface area contributed by atoms with Crippen molar-refractivity contribution in [2.75, 3.05) is 19.0 Å². The molecule has 0 aliphatic heterocycles. The van der Waals surface area contributed by atoms with Crippen LogP contribution in [-0.2, 0) is 0 Å². The maximum Gasteiger partial charge on any atom is 0.255 e. The van der Waals surface area contributed by atoms with Gasteiger partial charge in [-0.05, 0) is 30.7 Å². The number of hydrogen-bond donors (Lipinski definition) is 1. The van der Waals surface area contributed by atoms with E-state index in [2.05, 4.69) is 5.32 Å². The Hall–Kier alpha value is -2.98. The molecule has 0 saturated carbocycles. The van der Waals surface area contributed by atoms with Gasteiger partial charge in [-0.1, -0.05) is 60.1 Å². The number of halogens is 1. The smallest absolute Gasteiger partial charge is 0.255 e. The molecule has 3 rings (SSSR count). The van der Waals surface area contributed by atoms with E-state index in [1.807, 2.05) is 61.5 Å². The van der Waals surface area contributed by atoms with Crippen molar-refractivity contribution in [2.24, 2.45) is 0 Å². The van der Waals surface area contributed by atoms with Gasteiger partial charge in [0.1, 0.15) is 0 Å². The molecule has 0 fully saturated rings. The standard InChI is InChI=1S/C22H20ClNO3/c1-3-27-21-18(23)13-16(14-20(21)26-2)22(25)24-19-12-8-7-11-17(19)15-9-5-4-6-10-15/h4-14H,3H2,1-2H3,(H,24,25). The van der Waals surface area contributed by atoms with Crippen molar-refractivity contribution < 1.29 is 14.3 Å². The second kappa shape index (κ2) is 8.60. The third-order valence-corrected chi connectivity index (χ3v) is 4.32. The van der Waals surface area contributed by atoms with Gasteiger partial charge in [0.25, 0.3) is 5.91 Å². The van der Waals surface area contributed by atoms with Gasteiger partial charge in [0.2, 0.25) is 0 Å². The predicted molar refractivity (Wildman–Crippen MR) is 109 cm³/mol. The highest BCUT2D eigenvalue weighted by molar-refractivity contribution is 6.32. The zero-order valence-corrected chi connectivity index (χ0v) is 15.9.